The Hall–Kier alpha value is -3.09. The Kier molecular flexibility index (Phi) is 5.36. The maximum atomic E-state index is 12.8. The predicted molar refractivity (Wildman–Crippen MR) is 85.2 cm³/mol. The largest absolute Gasteiger partial charge is 0.480 e. The smallest absolute Gasteiger partial charge is 0.329 e. The van der Waals surface area contributed by atoms with Crippen LogP contribution in [0, 0.1) is 5.41 Å². The number of nitrogens with zero attached hydrogens (tertiary/aromatic N) is 3. The molecule has 1 aromatic heterocycles. The topological polar surface area (TPSA) is 145 Å². The van der Waals surface area contributed by atoms with Gasteiger partial charge in [-0.2, -0.15) is 4.79 Å². The number of H-pyrrole nitrogens is 1. The summed E-state index contributed by atoms with van der Waals surface area (Å²) in [5.74, 6) is -2.17. The number of benzene rings is 1. The first-order valence-corrected chi connectivity index (χ1v) is 7.22. The third-order valence-corrected chi connectivity index (χ3v) is 3.76. The monoisotopic (exact) mass is 327 g/mol. The van der Waals surface area contributed by atoms with Crippen LogP contribution in [0.25, 0.3) is 5.53 Å². The number of hydrogen-bond acceptors (Lipinski definition) is 4. The van der Waals surface area contributed by atoms with Gasteiger partial charge in [-0.05, 0) is 5.56 Å². The van der Waals surface area contributed by atoms with Gasteiger partial charge < -0.3 is 21.4 Å². The molecule has 0 fully saturated rings. The summed E-state index contributed by atoms with van der Waals surface area (Å²) in [7, 11) is 0. The fourth-order valence-corrected chi connectivity index (χ4v) is 2.51. The van der Waals surface area contributed by atoms with Gasteiger partial charge in [0.15, 0.2) is 5.78 Å². The summed E-state index contributed by atoms with van der Waals surface area (Å²) >= 11 is 0. The molecule has 2 atom stereocenters. The highest BCUT2D eigenvalue weighted by atomic mass is 16.4. The Morgan fingerprint density at radius 3 is 2.67 bits per heavy atom. The standard InChI is InChI=1S/C16H17N5O3/c17-13(6-12-8-19-10-20-12)14(22)16(9-21-18,15(23)24)7-11-4-2-1-3-5-11/h1-5,8-10,13H,6-7,17H2,(H,19,20)(H,23,24)/t13-,16?/m0/s1. The third-order valence-electron chi connectivity index (χ3n) is 3.76. The van der Waals surface area contributed by atoms with E-state index in [9.17, 15) is 14.7 Å². The van der Waals surface area contributed by atoms with Gasteiger partial charge in [-0.15, -0.1) is 0 Å². The van der Waals surface area contributed by atoms with Crippen LogP contribution in [0.1, 0.15) is 11.3 Å². The molecule has 8 heteroatoms. The van der Waals surface area contributed by atoms with Crippen molar-refractivity contribution in [2.24, 2.45) is 11.1 Å². The highest BCUT2D eigenvalue weighted by Crippen LogP contribution is 2.25. The van der Waals surface area contributed by atoms with Crippen molar-refractivity contribution in [1.29, 1.82) is 0 Å². The van der Waals surface area contributed by atoms with E-state index in [-0.39, 0.29) is 12.8 Å². The van der Waals surface area contributed by atoms with Crippen LogP contribution >= 0.6 is 0 Å². The lowest BCUT2D eigenvalue weighted by Gasteiger charge is -2.23. The van der Waals surface area contributed by atoms with Crippen molar-refractivity contribution in [3.05, 3.63) is 59.6 Å². The van der Waals surface area contributed by atoms with E-state index in [2.05, 4.69) is 14.8 Å². The Morgan fingerprint density at radius 1 is 1.42 bits per heavy atom. The molecule has 8 nitrogen and oxygen atoms in total. The van der Waals surface area contributed by atoms with Crippen molar-refractivity contribution >= 4 is 18.0 Å². The number of nitrogens with two attached hydrogens (primary N) is 1. The lowest BCUT2D eigenvalue weighted by Crippen LogP contribution is -2.51. The molecule has 0 spiro atoms. The van der Waals surface area contributed by atoms with E-state index < -0.39 is 23.2 Å². The van der Waals surface area contributed by atoms with Crippen LogP contribution in [0.4, 0.5) is 0 Å². The van der Waals surface area contributed by atoms with Crippen LogP contribution in [-0.2, 0) is 22.4 Å². The number of nitrogens with one attached hydrogen (secondary N) is 1. The van der Waals surface area contributed by atoms with Crippen molar-refractivity contribution < 1.29 is 19.5 Å². The molecule has 0 saturated heterocycles. The second-order valence-corrected chi connectivity index (χ2v) is 5.44. The SMILES string of the molecule is [N-]=[N+]=CC(Cc1ccccc1)(C(=O)O)C(=O)[C@@H](N)Cc1cnc[nH]1. The summed E-state index contributed by atoms with van der Waals surface area (Å²) in [5, 5.41) is 9.66. The summed E-state index contributed by atoms with van der Waals surface area (Å²) in [6.45, 7) is 0. The maximum Gasteiger partial charge on any atom is 0.329 e. The summed E-state index contributed by atoms with van der Waals surface area (Å²) < 4.78 is 0. The summed E-state index contributed by atoms with van der Waals surface area (Å²) in [6, 6.07) is 7.52. The van der Waals surface area contributed by atoms with E-state index >= 15 is 0 Å². The van der Waals surface area contributed by atoms with E-state index in [0.717, 1.165) is 6.21 Å². The molecule has 0 aliphatic rings. The first kappa shape index (κ1) is 17.3. The maximum absolute atomic E-state index is 12.8. The molecule has 2 rings (SSSR count). The Balaban J connectivity index is 2.35. The number of rotatable bonds is 8. The summed E-state index contributed by atoms with van der Waals surface area (Å²) in [5.41, 5.74) is 14.0. The van der Waals surface area contributed by atoms with E-state index in [1.54, 1.807) is 30.3 Å². The highest BCUT2D eigenvalue weighted by molar-refractivity contribution is 6.17. The molecule has 0 bridgehead atoms. The van der Waals surface area contributed by atoms with Crippen LogP contribution in [0.3, 0.4) is 0 Å². The van der Waals surface area contributed by atoms with Crippen LogP contribution in [0.5, 0.6) is 0 Å². The number of aromatic nitrogens is 2. The number of carbonyl (C=O) groups is 2. The van der Waals surface area contributed by atoms with Gasteiger partial charge in [0.2, 0.25) is 5.41 Å². The molecular formula is C16H17N5O3. The lowest BCUT2D eigenvalue weighted by atomic mass is 9.75. The minimum Gasteiger partial charge on any atom is -0.480 e. The molecule has 0 saturated carbocycles. The van der Waals surface area contributed by atoms with E-state index in [0.29, 0.717) is 11.3 Å². The average Bonchev–Trinajstić information content (AvgIpc) is 3.07. The molecule has 1 heterocycles. The number of carboxylic acid groups (broad SMARTS) is 1. The highest BCUT2D eigenvalue weighted by Gasteiger charge is 2.51. The first-order valence-electron chi connectivity index (χ1n) is 7.22. The van der Waals surface area contributed by atoms with Gasteiger partial charge in [-0.1, -0.05) is 30.3 Å². The molecule has 0 amide bonds. The molecular weight excluding hydrogens is 310 g/mol. The minimum absolute atomic E-state index is 0.0991. The van der Waals surface area contributed by atoms with Crippen molar-refractivity contribution in [2.75, 3.05) is 0 Å². The number of imidazole rings is 1. The van der Waals surface area contributed by atoms with Gasteiger partial charge in [-0.3, -0.25) is 9.59 Å². The van der Waals surface area contributed by atoms with Crippen LogP contribution in [-0.4, -0.2) is 43.9 Å². The van der Waals surface area contributed by atoms with Crippen molar-refractivity contribution in [1.82, 2.24) is 9.97 Å². The number of hydrogen-bond donors (Lipinski definition) is 3. The van der Waals surface area contributed by atoms with E-state index in [1.807, 2.05) is 0 Å². The molecule has 124 valence electrons. The van der Waals surface area contributed by atoms with Crippen molar-refractivity contribution in [2.45, 2.75) is 18.9 Å². The lowest BCUT2D eigenvalue weighted by molar-refractivity contribution is -0.152. The van der Waals surface area contributed by atoms with Crippen LogP contribution in [0.15, 0.2) is 42.9 Å². The number of carboxylic acids is 1. The van der Waals surface area contributed by atoms with Gasteiger partial charge >= 0.3 is 5.97 Å². The zero-order valence-electron chi connectivity index (χ0n) is 12.8. The van der Waals surface area contributed by atoms with Gasteiger partial charge in [0.25, 0.3) is 6.21 Å². The molecule has 4 N–H and O–H groups in total. The normalized spacial score (nSPS) is 14.2. The second-order valence-electron chi connectivity index (χ2n) is 5.44. The minimum atomic E-state index is -2.05. The molecule has 1 aromatic carbocycles. The van der Waals surface area contributed by atoms with Gasteiger partial charge in [0.05, 0.1) is 12.4 Å². The van der Waals surface area contributed by atoms with Crippen LogP contribution in [0.2, 0.25) is 0 Å². The van der Waals surface area contributed by atoms with Gasteiger partial charge in [0, 0.05) is 24.7 Å². The second kappa shape index (κ2) is 7.45. The number of Topliss-reactive ketones (excluding diaryl/α,β-unsaturated/α-hetero) is 1. The summed E-state index contributed by atoms with van der Waals surface area (Å²) in [6.07, 6.45) is 3.62. The van der Waals surface area contributed by atoms with Gasteiger partial charge in [0.1, 0.15) is 0 Å². The van der Waals surface area contributed by atoms with Crippen LogP contribution < -0.4 is 5.73 Å². The number of carbonyl (C=O) groups excluding carboxylic acids is 1. The third kappa shape index (κ3) is 3.62. The summed E-state index contributed by atoms with van der Waals surface area (Å²) in [4.78, 5) is 34.1. The molecule has 2 aromatic rings. The fourth-order valence-electron chi connectivity index (χ4n) is 2.51. The van der Waals surface area contributed by atoms with E-state index in [1.165, 1.54) is 12.5 Å². The molecule has 0 radical (unpaired) electrons. The first-order chi connectivity index (χ1) is 11.5. The van der Waals surface area contributed by atoms with Gasteiger partial charge in [-0.25, -0.2) is 4.98 Å². The predicted octanol–water partition coefficient (Wildman–Crippen LogP) is 0.463. The number of aromatic amines is 1. The fraction of sp³-hybridized carbons (Fsp3) is 0.250. The van der Waals surface area contributed by atoms with Crippen molar-refractivity contribution in [3.8, 4) is 0 Å². The molecule has 1 unspecified atom stereocenters. The van der Waals surface area contributed by atoms with Crippen molar-refractivity contribution in [3.63, 3.8) is 0 Å². The average molecular weight is 327 g/mol. The zero-order valence-corrected chi connectivity index (χ0v) is 12.8. The Labute approximate surface area is 138 Å². The molecule has 0 aliphatic carbocycles. The zero-order chi connectivity index (χ0) is 17.6. The van der Waals surface area contributed by atoms with E-state index in [4.69, 9.17) is 11.3 Å². The number of ketones is 1. The molecule has 0 aliphatic heterocycles. The Bertz CT molecular complexity index is 749. The number of aliphatic carboxylic acids is 1. The molecule has 24 heavy (non-hydrogen) atoms. The quantitative estimate of drug-likeness (QED) is 0.279. The Morgan fingerprint density at radius 2 is 2.12 bits per heavy atom.